The second-order valence-corrected chi connectivity index (χ2v) is 5.18. The van der Waals surface area contributed by atoms with Crippen LogP contribution < -0.4 is 11.1 Å². The molecule has 0 aliphatic carbocycles. The molecule has 0 radical (unpaired) electrons. The van der Waals surface area contributed by atoms with Gasteiger partial charge in [0.1, 0.15) is 17.5 Å². The fraction of sp³-hybridized carbons (Fsp3) is 0.667. The van der Waals surface area contributed by atoms with Gasteiger partial charge >= 0.3 is 0 Å². The van der Waals surface area contributed by atoms with Crippen molar-refractivity contribution in [2.24, 2.45) is 0 Å². The van der Waals surface area contributed by atoms with Gasteiger partial charge in [-0.2, -0.15) is 0 Å². The van der Waals surface area contributed by atoms with Crippen molar-refractivity contribution in [1.82, 2.24) is 9.97 Å². The second kappa shape index (κ2) is 5.31. The molecule has 0 spiro atoms. The highest BCUT2D eigenvalue weighted by Crippen LogP contribution is 2.21. The fourth-order valence-corrected chi connectivity index (χ4v) is 1.22. The fourth-order valence-electron chi connectivity index (χ4n) is 1.22. The quantitative estimate of drug-likeness (QED) is 0.836. The van der Waals surface area contributed by atoms with Crippen LogP contribution in [-0.4, -0.2) is 29.7 Å². The molecule has 1 heterocycles. The van der Waals surface area contributed by atoms with Crippen LogP contribution in [0.5, 0.6) is 0 Å². The monoisotopic (exact) mass is 238 g/mol. The standard InChI is InChI=1S/C12H22N4O/c1-8(17-5)7-14-10-6-9(13)15-11(16-10)12(2,3)4/h6,8H,7H2,1-5H3,(H3,13,14,15,16). The molecule has 5 heteroatoms. The number of hydrogen-bond acceptors (Lipinski definition) is 5. The maximum absolute atomic E-state index is 5.77. The number of nitrogens with one attached hydrogen (secondary N) is 1. The highest BCUT2D eigenvalue weighted by Gasteiger charge is 2.18. The minimum atomic E-state index is -0.112. The summed E-state index contributed by atoms with van der Waals surface area (Å²) < 4.78 is 5.16. The van der Waals surface area contributed by atoms with E-state index in [0.717, 1.165) is 11.6 Å². The van der Waals surface area contributed by atoms with Gasteiger partial charge < -0.3 is 15.8 Å². The molecule has 1 rings (SSSR count). The van der Waals surface area contributed by atoms with E-state index in [9.17, 15) is 0 Å². The number of nitrogens with two attached hydrogens (primary N) is 1. The van der Waals surface area contributed by atoms with E-state index in [1.165, 1.54) is 0 Å². The van der Waals surface area contributed by atoms with E-state index in [-0.39, 0.29) is 11.5 Å². The van der Waals surface area contributed by atoms with Crippen molar-refractivity contribution in [3.63, 3.8) is 0 Å². The first-order valence-corrected chi connectivity index (χ1v) is 5.74. The van der Waals surface area contributed by atoms with Crippen LogP contribution in [0.4, 0.5) is 11.6 Å². The second-order valence-electron chi connectivity index (χ2n) is 5.18. The van der Waals surface area contributed by atoms with E-state index in [4.69, 9.17) is 10.5 Å². The Labute approximate surface area is 103 Å². The van der Waals surface area contributed by atoms with Gasteiger partial charge in [-0.3, -0.25) is 0 Å². The number of ether oxygens (including phenoxy) is 1. The van der Waals surface area contributed by atoms with Gasteiger partial charge in [-0.05, 0) is 6.92 Å². The number of anilines is 2. The first-order chi connectivity index (χ1) is 7.82. The Morgan fingerprint density at radius 2 is 2.06 bits per heavy atom. The van der Waals surface area contributed by atoms with Crippen molar-refractivity contribution >= 4 is 11.6 Å². The summed E-state index contributed by atoms with van der Waals surface area (Å²) in [6, 6.07) is 1.73. The zero-order chi connectivity index (χ0) is 13.1. The van der Waals surface area contributed by atoms with Crippen LogP contribution in [0.3, 0.4) is 0 Å². The lowest BCUT2D eigenvalue weighted by molar-refractivity contribution is 0.128. The number of aromatic nitrogens is 2. The summed E-state index contributed by atoms with van der Waals surface area (Å²) in [5.74, 6) is 1.97. The zero-order valence-electron chi connectivity index (χ0n) is 11.2. The predicted octanol–water partition coefficient (Wildman–Crippen LogP) is 1.80. The molecule has 1 aromatic heterocycles. The van der Waals surface area contributed by atoms with Gasteiger partial charge in [0.25, 0.3) is 0 Å². The van der Waals surface area contributed by atoms with E-state index < -0.39 is 0 Å². The summed E-state index contributed by atoms with van der Waals surface area (Å²) in [5, 5.41) is 3.19. The molecular weight excluding hydrogens is 216 g/mol. The van der Waals surface area contributed by atoms with Crippen molar-refractivity contribution in [2.45, 2.75) is 39.2 Å². The Balaban J connectivity index is 2.83. The first kappa shape index (κ1) is 13.7. The van der Waals surface area contributed by atoms with Crippen LogP contribution >= 0.6 is 0 Å². The molecule has 0 bridgehead atoms. The van der Waals surface area contributed by atoms with Gasteiger partial charge in [0, 0.05) is 25.1 Å². The molecule has 17 heavy (non-hydrogen) atoms. The van der Waals surface area contributed by atoms with Crippen molar-refractivity contribution < 1.29 is 4.74 Å². The lowest BCUT2D eigenvalue weighted by Gasteiger charge is -2.18. The zero-order valence-corrected chi connectivity index (χ0v) is 11.2. The normalized spacial score (nSPS) is 13.5. The Hall–Kier alpha value is -1.36. The molecule has 1 atom stereocenters. The Morgan fingerprint density at radius 3 is 2.59 bits per heavy atom. The molecule has 1 aromatic rings. The Kier molecular flexibility index (Phi) is 4.28. The van der Waals surface area contributed by atoms with Gasteiger partial charge in [-0.15, -0.1) is 0 Å². The number of methoxy groups -OCH3 is 1. The highest BCUT2D eigenvalue weighted by molar-refractivity contribution is 5.45. The molecule has 1 unspecified atom stereocenters. The van der Waals surface area contributed by atoms with Crippen LogP contribution in [0.15, 0.2) is 6.07 Å². The maximum atomic E-state index is 5.77. The van der Waals surface area contributed by atoms with Crippen molar-refractivity contribution in [3.8, 4) is 0 Å². The Bertz CT molecular complexity index is 373. The largest absolute Gasteiger partial charge is 0.384 e. The summed E-state index contributed by atoms with van der Waals surface area (Å²) in [5.41, 5.74) is 5.66. The molecule has 0 aliphatic heterocycles. The molecule has 0 saturated heterocycles. The van der Waals surface area contributed by atoms with Crippen molar-refractivity contribution in [3.05, 3.63) is 11.9 Å². The number of nitrogen functional groups attached to an aromatic ring is 1. The van der Waals surface area contributed by atoms with E-state index in [0.29, 0.717) is 12.4 Å². The summed E-state index contributed by atoms with van der Waals surface area (Å²) in [6.07, 6.45) is 0.129. The highest BCUT2D eigenvalue weighted by atomic mass is 16.5. The minimum absolute atomic E-state index is 0.112. The van der Waals surface area contributed by atoms with Gasteiger partial charge in [-0.25, -0.2) is 9.97 Å². The molecule has 0 saturated carbocycles. The molecule has 0 amide bonds. The molecule has 0 aliphatic rings. The van der Waals surface area contributed by atoms with E-state index in [1.807, 2.05) is 6.92 Å². The lowest BCUT2D eigenvalue weighted by atomic mass is 9.96. The van der Waals surface area contributed by atoms with Gasteiger partial charge in [-0.1, -0.05) is 20.8 Å². The van der Waals surface area contributed by atoms with Crippen LogP contribution in [0.1, 0.15) is 33.5 Å². The summed E-state index contributed by atoms with van der Waals surface area (Å²) >= 11 is 0. The summed E-state index contributed by atoms with van der Waals surface area (Å²) in [6.45, 7) is 8.86. The molecular formula is C12H22N4O. The topological polar surface area (TPSA) is 73.1 Å². The van der Waals surface area contributed by atoms with Crippen LogP contribution in [0, 0.1) is 0 Å². The lowest BCUT2D eigenvalue weighted by Crippen LogP contribution is -2.21. The van der Waals surface area contributed by atoms with Crippen LogP contribution in [-0.2, 0) is 10.2 Å². The van der Waals surface area contributed by atoms with E-state index >= 15 is 0 Å². The third kappa shape index (κ3) is 4.19. The summed E-state index contributed by atoms with van der Waals surface area (Å²) in [4.78, 5) is 8.70. The number of nitrogens with zero attached hydrogens (tertiary/aromatic N) is 2. The third-order valence-electron chi connectivity index (χ3n) is 2.39. The molecule has 96 valence electrons. The molecule has 3 N–H and O–H groups in total. The first-order valence-electron chi connectivity index (χ1n) is 5.74. The number of hydrogen-bond donors (Lipinski definition) is 2. The Morgan fingerprint density at radius 1 is 1.41 bits per heavy atom. The van der Waals surface area contributed by atoms with E-state index in [2.05, 4.69) is 36.1 Å². The number of rotatable bonds is 4. The van der Waals surface area contributed by atoms with Crippen molar-refractivity contribution in [1.29, 1.82) is 0 Å². The average Bonchev–Trinajstić information content (AvgIpc) is 2.24. The third-order valence-corrected chi connectivity index (χ3v) is 2.39. The molecule has 0 aromatic carbocycles. The predicted molar refractivity (Wildman–Crippen MR) is 70.1 cm³/mol. The van der Waals surface area contributed by atoms with Gasteiger partial charge in [0.05, 0.1) is 6.10 Å². The minimum Gasteiger partial charge on any atom is -0.384 e. The molecule has 5 nitrogen and oxygen atoms in total. The smallest absolute Gasteiger partial charge is 0.138 e. The van der Waals surface area contributed by atoms with Gasteiger partial charge in [0.2, 0.25) is 0 Å². The van der Waals surface area contributed by atoms with Crippen LogP contribution in [0.25, 0.3) is 0 Å². The summed E-state index contributed by atoms with van der Waals surface area (Å²) in [7, 11) is 1.68. The average molecular weight is 238 g/mol. The maximum Gasteiger partial charge on any atom is 0.138 e. The van der Waals surface area contributed by atoms with Crippen molar-refractivity contribution in [2.75, 3.05) is 24.7 Å². The van der Waals surface area contributed by atoms with Crippen LogP contribution in [0.2, 0.25) is 0 Å². The van der Waals surface area contributed by atoms with E-state index in [1.54, 1.807) is 13.2 Å². The van der Waals surface area contributed by atoms with Gasteiger partial charge in [0.15, 0.2) is 0 Å². The SMILES string of the molecule is COC(C)CNc1cc(N)nc(C(C)(C)C)n1. The molecule has 0 fully saturated rings.